The number of aliphatic imine (C=N–C) groups is 2. The number of benzene rings is 3. The number of anilines is 3. The van der Waals surface area contributed by atoms with E-state index in [0.29, 0.717) is 29.8 Å². The molecule has 5 rings (SSSR count). The minimum atomic E-state index is -4.77. The van der Waals surface area contributed by atoms with Crippen molar-refractivity contribution >= 4 is 52.3 Å². The number of ether oxygens (including phenoxy) is 1. The van der Waals surface area contributed by atoms with Crippen LogP contribution in [0.25, 0.3) is 0 Å². The molecular weight excluding hydrogens is 612 g/mol. The number of amidine groups is 1. The van der Waals surface area contributed by atoms with Gasteiger partial charge >= 0.3 is 12.4 Å². The van der Waals surface area contributed by atoms with Gasteiger partial charge in [-0.05, 0) is 84.8 Å². The Bertz CT molecular complexity index is 1650. The lowest BCUT2D eigenvalue weighted by molar-refractivity contribution is -0.274. The molecule has 0 saturated carbocycles. The van der Waals surface area contributed by atoms with E-state index in [1.54, 1.807) is 11.1 Å². The first-order valence-electron chi connectivity index (χ1n) is 14.0. The number of carbonyl (C=O) groups excluding carboxylic acids is 2. The van der Waals surface area contributed by atoms with Crippen LogP contribution in [0.1, 0.15) is 42.9 Å². The second-order valence-electron chi connectivity index (χ2n) is 10.7. The number of urea groups is 1. The zero-order chi connectivity index (χ0) is 32.3. The molecule has 2 aliphatic heterocycles. The molecule has 3 amide bonds. The van der Waals surface area contributed by atoms with E-state index in [1.807, 2.05) is 39.0 Å². The van der Waals surface area contributed by atoms with Gasteiger partial charge in [-0.1, -0.05) is 43.8 Å². The summed E-state index contributed by atoms with van der Waals surface area (Å²) in [5.41, 5.74) is 6.90. The Morgan fingerprint density at radius 3 is 2.60 bits per heavy atom. The van der Waals surface area contributed by atoms with Crippen LogP contribution in [-0.4, -0.2) is 41.7 Å². The van der Waals surface area contributed by atoms with Gasteiger partial charge < -0.3 is 10.1 Å². The average Bonchev–Trinajstić information content (AvgIpc) is 3.59. The number of nitrogens with zero attached hydrogens (tertiary/aromatic N) is 4. The first kappa shape index (κ1) is 32.0. The second kappa shape index (κ2) is 13.3. The summed E-state index contributed by atoms with van der Waals surface area (Å²) in [7, 11) is 0. The van der Waals surface area contributed by atoms with Crippen molar-refractivity contribution < 1.29 is 31.9 Å². The minimum absolute atomic E-state index is 0.0477. The number of hydrogen-bond acceptors (Lipinski definition) is 7. The van der Waals surface area contributed by atoms with Crippen molar-refractivity contribution in [1.29, 1.82) is 0 Å². The standard InChI is InChI=1S/C31H30F4N6O3S/c1-18(2)23-11-4-19(3)14-26(23)41-28(42)16-45-30(41)38-29(43)37-25-12-5-20(15-24(25)32)6-13-27-36-17-40(39-27)21-7-9-22(10-8-21)44-31(33,34)35/h4-5,7-12,14-15,17-18,27,39H,6,13,16H2,1-3H3,(H,37,43)/b38-30-. The van der Waals surface area contributed by atoms with E-state index in [-0.39, 0.29) is 40.3 Å². The van der Waals surface area contributed by atoms with Crippen molar-refractivity contribution in [3.63, 3.8) is 0 Å². The van der Waals surface area contributed by atoms with Gasteiger partial charge in [0.15, 0.2) is 5.17 Å². The maximum absolute atomic E-state index is 15.0. The number of thioether (sulfide) groups is 1. The maximum Gasteiger partial charge on any atom is 0.573 e. The fourth-order valence-corrected chi connectivity index (χ4v) is 5.69. The Morgan fingerprint density at radius 1 is 1.16 bits per heavy atom. The minimum Gasteiger partial charge on any atom is -0.406 e. The highest BCUT2D eigenvalue weighted by Crippen LogP contribution is 2.34. The predicted octanol–water partition coefficient (Wildman–Crippen LogP) is 7.14. The number of nitrogens with one attached hydrogen (secondary N) is 2. The Hall–Kier alpha value is -4.43. The monoisotopic (exact) mass is 642 g/mol. The lowest BCUT2D eigenvalue weighted by atomic mass is 9.99. The Kier molecular flexibility index (Phi) is 9.44. The number of amides is 3. The summed E-state index contributed by atoms with van der Waals surface area (Å²) in [5.74, 6) is -0.877. The van der Waals surface area contributed by atoms with Crippen LogP contribution < -0.4 is 25.4 Å². The van der Waals surface area contributed by atoms with Gasteiger partial charge in [0.1, 0.15) is 24.1 Å². The molecule has 2 N–H and O–H groups in total. The quantitative estimate of drug-likeness (QED) is 0.254. The molecule has 1 saturated heterocycles. The van der Waals surface area contributed by atoms with E-state index in [4.69, 9.17) is 0 Å². The van der Waals surface area contributed by atoms with Crippen LogP contribution in [0.4, 0.5) is 39.4 Å². The van der Waals surface area contributed by atoms with Gasteiger partial charge in [-0.15, -0.1) is 13.2 Å². The van der Waals surface area contributed by atoms with Crippen LogP contribution >= 0.6 is 11.8 Å². The average molecular weight is 643 g/mol. The fraction of sp³-hybridized carbons (Fsp3) is 0.290. The fourth-order valence-electron chi connectivity index (χ4n) is 4.83. The molecule has 9 nitrogen and oxygen atoms in total. The zero-order valence-electron chi connectivity index (χ0n) is 24.6. The van der Waals surface area contributed by atoms with Crippen molar-refractivity contribution in [2.45, 2.75) is 52.1 Å². The molecule has 1 atom stereocenters. The van der Waals surface area contributed by atoms with Crippen molar-refractivity contribution in [2.75, 3.05) is 21.0 Å². The summed E-state index contributed by atoms with van der Waals surface area (Å²) in [5, 5.41) is 4.27. The van der Waals surface area contributed by atoms with Gasteiger partial charge in [0.25, 0.3) is 0 Å². The normalized spacial score (nSPS) is 17.6. The number of halogens is 4. The van der Waals surface area contributed by atoms with E-state index >= 15 is 0 Å². The number of rotatable bonds is 8. The maximum atomic E-state index is 15.0. The molecule has 0 aromatic heterocycles. The molecule has 2 heterocycles. The largest absolute Gasteiger partial charge is 0.573 e. The van der Waals surface area contributed by atoms with Gasteiger partial charge in [-0.2, -0.15) is 4.99 Å². The molecule has 0 bridgehead atoms. The summed E-state index contributed by atoms with van der Waals surface area (Å²) < 4.78 is 56.0. The summed E-state index contributed by atoms with van der Waals surface area (Å²) >= 11 is 1.15. The molecule has 1 unspecified atom stereocenters. The van der Waals surface area contributed by atoms with Gasteiger partial charge in [0.05, 0.1) is 22.8 Å². The van der Waals surface area contributed by atoms with E-state index in [1.165, 1.54) is 47.6 Å². The third-order valence-electron chi connectivity index (χ3n) is 6.99. The first-order chi connectivity index (χ1) is 21.4. The molecular formula is C31H30F4N6O3S. The summed E-state index contributed by atoms with van der Waals surface area (Å²) in [6.45, 7) is 5.96. The van der Waals surface area contributed by atoms with Gasteiger partial charge in [0.2, 0.25) is 5.91 Å². The Labute approximate surface area is 261 Å². The van der Waals surface area contributed by atoms with E-state index < -0.39 is 18.2 Å². The van der Waals surface area contributed by atoms with Crippen LogP contribution in [0.15, 0.2) is 70.6 Å². The van der Waals surface area contributed by atoms with Gasteiger partial charge in [-0.25, -0.2) is 14.6 Å². The zero-order valence-corrected chi connectivity index (χ0v) is 25.4. The smallest absolute Gasteiger partial charge is 0.406 e. The third-order valence-corrected chi connectivity index (χ3v) is 7.92. The summed E-state index contributed by atoms with van der Waals surface area (Å²) in [6, 6.07) is 14.8. The number of hydrazine groups is 1. The molecule has 3 aromatic carbocycles. The predicted molar refractivity (Wildman–Crippen MR) is 167 cm³/mol. The summed E-state index contributed by atoms with van der Waals surface area (Å²) in [4.78, 5) is 35.5. The molecule has 3 aromatic rings. The lowest BCUT2D eigenvalue weighted by Crippen LogP contribution is -2.37. The highest BCUT2D eigenvalue weighted by atomic mass is 32.2. The molecule has 45 heavy (non-hydrogen) atoms. The molecule has 2 aliphatic rings. The Morgan fingerprint density at radius 2 is 1.91 bits per heavy atom. The highest BCUT2D eigenvalue weighted by molar-refractivity contribution is 8.15. The van der Waals surface area contributed by atoms with Crippen LogP contribution in [0.2, 0.25) is 0 Å². The summed E-state index contributed by atoms with van der Waals surface area (Å²) in [6.07, 6.45) is -2.63. The highest BCUT2D eigenvalue weighted by Gasteiger charge is 2.33. The number of carbonyl (C=O) groups is 2. The second-order valence-corrected chi connectivity index (χ2v) is 11.7. The van der Waals surface area contributed by atoms with E-state index in [0.717, 1.165) is 22.9 Å². The first-order valence-corrected chi connectivity index (χ1v) is 15.0. The molecule has 1 fully saturated rings. The SMILES string of the molecule is Cc1ccc(C(C)C)c(N2C(=O)CS/C2=N\C(=O)Nc2ccc(CCC3N=CN(c4ccc(OC(F)(F)F)cc4)N3)cc2F)c1. The molecule has 0 spiro atoms. The number of alkyl halides is 3. The lowest BCUT2D eigenvalue weighted by Gasteiger charge is -2.22. The number of hydrogen-bond donors (Lipinski definition) is 2. The molecule has 236 valence electrons. The van der Waals surface area contributed by atoms with E-state index in [9.17, 15) is 27.2 Å². The van der Waals surface area contributed by atoms with Crippen LogP contribution in [0.5, 0.6) is 5.75 Å². The van der Waals surface area contributed by atoms with Crippen LogP contribution in [0, 0.1) is 12.7 Å². The molecule has 14 heteroatoms. The van der Waals surface area contributed by atoms with E-state index in [2.05, 4.69) is 25.5 Å². The van der Waals surface area contributed by atoms with Crippen molar-refractivity contribution in [1.82, 2.24) is 5.43 Å². The van der Waals surface area contributed by atoms with Gasteiger partial charge in [-0.3, -0.25) is 19.7 Å². The molecule has 0 aliphatic carbocycles. The van der Waals surface area contributed by atoms with Crippen molar-refractivity contribution in [3.05, 3.63) is 83.2 Å². The topological polar surface area (TPSA) is 98.6 Å². The molecule has 0 radical (unpaired) electrons. The van der Waals surface area contributed by atoms with Crippen molar-refractivity contribution in [3.8, 4) is 5.75 Å². The number of aryl methyl sites for hydroxylation is 2. The van der Waals surface area contributed by atoms with Crippen LogP contribution in [0.3, 0.4) is 0 Å². The van der Waals surface area contributed by atoms with Crippen LogP contribution in [-0.2, 0) is 11.2 Å². The van der Waals surface area contributed by atoms with Crippen molar-refractivity contribution in [2.24, 2.45) is 9.98 Å². The third kappa shape index (κ3) is 8.00. The van der Waals surface area contributed by atoms with Gasteiger partial charge in [0, 0.05) is 0 Å². The Balaban J connectivity index is 1.17.